The molecule has 142 valence electrons. The highest BCUT2D eigenvalue weighted by Crippen LogP contribution is 2.28. The van der Waals surface area contributed by atoms with E-state index in [4.69, 9.17) is 4.52 Å². The summed E-state index contributed by atoms with van der Waals surface area (Å²) in [5.74, 6) is 3.05. The largest absolute Gasteiger partial charge is 0.357 e. The number of aliphatic imine (C=N–C) groups is 1. The Hall–Kier alpha value is -1.64. The standard InChI is InChI=1S/C19H27N5O.HI/c1-3-17-23-18(25-24-17)16-9-7-14(8-10-16)11-12-21-19(20-4-2)22-13-15-5-6-15;/h7-10,15H,3-6,11-13H2,1-2H3,(H2,20,21,22);1H. The minimum atomic E-state index is 0. The van der Waals surface area contributed by atoms with Crippen molar-refractivity contribution in [2.45, 2.75) is 39.5 Å². The molecule has 2 N–H and O–H groups in total. The first-order chi connectivity index (χ1) is 12.3. The predicted molar refractivity (Wildman–Crippen MR) is 115 cm³/mol. The van der Waals surface area contributed by atoms with E-state index in [2.05, 4.69) is 44.8 Å². The van der Waals surface area contributed by atoms with Crippen LogP contribution < -0.4 is 10.6 Å². The molecule has 26 heavy (non-hydrogen) atoms. The molecule has 7 heteroatoms. The molecule has 1 fully saturated rings. The Balaban J connectivity index is 0.00000243. The van der Waals surface area contributed by atoms with Gasteiger partial charge in [-0.25, -0.2) is 0 Å². The molecule has 1 heterocycles. The summed E-state index contributed by atoms with van der Waals surface area (Å²) < 4.78 is 5.27. The van der Waals surface area contributed by atoms with E-state index in [0.717, 1.165) is 55.7 Å². The minimum Gasteiger partial charge on any atom is -0.357 e. The fourth-order valence-corrected chi connectivity index (χ4v) is 2.52. The van der Waals surface area contributed by atoms with Crippen molar-refractivity contribution in [3.05, 3.63) is 35.7 Å². The molecule has 0 radical (unpaired) electrons. The van der Waals surface area contributed by atoms with Crippen LogP contribution in [0.2, 0.25) is 0 Å². The molecule has 6 nitrogen and oxygen atoms in total. The van der Waals surface area contributed by atoms with E-state index >= 15 is 0 Å². The molecule has 2 aromatic rings. The van der Waals surface area contributed by atoms with Gasteiger partial charge in [0, 0.05) is 31.6 Å². The summed E-state index contributed by atoms with van der Waals surface area (Å²) in [6, 6.07) is 8.30. The zero-order chi connectivity index (χ0) is 17.5. The van der Waals surface area contributed by atoms with Gasteiger partial charge in [0.2, 0.25) is 0 Å². The molecule has 1 aromatic heterocycles. The maximum absolute atomic E-state index is 5.27. The topological polar surface area (TPSA) is 75.3 Å². The van der Waals surface area contributed by atoms with Gasteiger partial charge in [0.15, 0.2) is 11.8 Å². The normalized spacial score (nSPS) is 14.0. The van der Waals surface area contributed by atoms with Crippen LogP contribution in [-0.4, -0.2) is 35.7 Å². The maximum atomic E-state index is 5.27. The average Bonchev–Trinajstić information content (AvgIpc) is 3.35. The molecule has 0 atom stereocenters. The van der Waals surface area contributed by atoms with Crippen LogP contribution in [0.15, 0.2) is 33.8 Å². The van der Waals surface area contributed by atoms with E-state index in [1.165, 1.54) is 18.4 Å². The fraction of sp³-hybridized carbons (Fsp3) is 0.526. The molecule has 0 unspecified atom stereocenters. The summed E-state index contributed by atoms with van der Waals surface area (Å²) in [5.41, 5.74) is 2.23. The Bertz CT molecular complexity index is 694. The van der Waals surface area contributed by atoms with Crippen molar-refractivity contribution in [3.63, 3.8) is 0 Å². The molecule has 0 amide bonds. The highest BCUT2D eigenvalue weighted by atomic mass is 127. The number of halogens is 1. The van der Waals surface area contributed by atoms with Crippen LogP contribution in [0.1, 0.15) is 38.1 Å². The second-order valence-corrected chi connectivity index (χ2v) is 6.41. The van der Waals surface area contributed by atoms with Crippen molar-refractivity contribution in [1.29, 1.82) is 0 Å². The van der Waals surface area contributed by atoms with Gasteiger partial charge in [0.05, 0.1) is 0 Å². The Labute approximate surface area is 172 Å². The van der Waals surface area contributed by atoms with E-state index in [-0.39, 0.29) is 24.0 Å². The number of nitrogens with zero attached hydrogens (tertiary/aromatic N) is 3. The van der Waals surface area contributed by atoms with Gasteiger partial charge in [-0.3, -0.25) is 4.99 Å². The van der Waals surface area contributed by atoms with Gasteiger partial charge in [-0.1, -0.05) is 24.2 Å². The third kappa shape index (κ3) is 6.26. The summed E-state index contributed by atoms with van der Waals surface area (Å²) >= 11 is 0. The van der Waals surface area contributed by atoms with E-state index < -0.39 is 0 Å². The van der Waals surface area contributed by atoms with E-state index in [9.17, 15) is 0 Å². The van der Waals surface area contributed by atoms with Gasteiger partial charge in [0.25, 0.3) is 5.89 Å². The van der Waals surface area contributed by atoms with Crippen molar-refractivity contribution >= 4 is 29.9 Å². The van der Waals surface area contributed by atoms with Gasteiger partial charge in [-0.05, 0) is 49.8 Å². The molecule has 0 aliphatic heterocycles. The molecule has 0 saturated heterocycles. The Kier molecular flexibility index (Phi) is 8.34. The lowest BCUT2D eigenvalue weighted by molar-refractivity contribution is 0.423. The van der Waals surface area contributed by atoms with Gasteiger partial charge in [-0.15, -0.1) is 24.0 Å². The second kappa shape index (κ2) is 10.5. The average molecular weight is 469 g/mol. The highest BCUT2D eigenvalue weighted by molar-refractivity contribution is 14.0. The summed E-state index contributed by atoms with van der Waals surface area (Å²) in [5, 5.41) is 10.6. The summed E-state index contributed by atoms with van der Waals surface area (Å²) in [7, 11) is 0. The third-order valence-corrected chi connectivity index (χ3v) is 4.24. The lowest BCUT2D eigenvalue weighted by atomic mass is 10.1. The summed E-state index contributed by atoms with van der Waals surface area (Å²) in [6.07, 6.45) is 4.38. The minimum absolute atomic E-state index is 0. The molecule has 1 aliphatic rings. The van der Waals surface area contributed by atoms with Gasteiger partial charge < -0.3 is 15.2 Å². The molecule has 1 aliphatic carbocycles. The molecule has 1 aromatic carbocycles. The number of rotatable bonds is 8. The fourth-order valence-electron chi connectivity index (χ4n) is 2.52. The number of hydrogen-bond acceptors (Lipinski definition) is 4. The number of benzene rings is 1. The van der Waals surface area contributed by atoms with Crippen LogP contribution in [0.3, 0.4) is 0 Å². The molecule has 3 rings (SSSR count). The SMILES string of the molecule is CCNC(=NCC1CC1)NCCc1ccc(-c2nc(CC)no2)cc1.I. The first kappa shape index (κ1) is 20.7. The maximum Gasteiger partial charge on any atom is 0.257 e. The lowest BCUT2D eigenvalue weighted by Crippen LogP contribution is -2.38. The smallest absolute Gasteiger partial charge is 0.257 e. The summed E-state index contributed by atoms with van der Waals surface area (Å²) in [6.45, 7) is 6.79. The molecule has 0 spiro atoms. The summed E-state index contributed by atoms with van der Waals surface area (Å²) in [4.78, 5) is 9.00. The van der Waals surface area contributed by atoms with E-state index in [0.29, 0.717) is 5.89 Å². The molecular weight excluding hydrogens is 441 g/mol. The molecular formula is C19H28IN5O. The number of aromatic nitrogens is 2. The third-order valence-electron chi connectivity index (χ3n) is 4.24. The number of hydrogen-bond donors (Lipinski definition) is 2. The second-order valence-electron chi connectivity index (χ2n) is 6.41. The van der Waals surface area contributed by atoms with Crippen molar-refractivity contribution in [3.8, 4) is 11.5 Å². The monoisotopic (exact) mass is 469 g/mol. The zero-order valence-corrected chi connectivity index (χ0v) is 17.8. The highest BCUT2D eigenvalue weighted by Gasteiger charge is 2.20. The van der Waals surface area contributed by atoms with Crippen molar-refractivity contribution in [2.24, 2.45) is 10.9 Å². The Morgan fingerprint density at radius 2 is 1.96 bits per heavy atom. The van der Waals surface area contributed by atoms with E-state index in [1.807, 2.05) is 19.1 Å². The molecule has 1 saturated carbocycles. The van der Waals surface area contributed by atoms with Gasteiger partial charge in [0.1, 0.15) is 0 Å². The number of nitrogens with one attached hydrogen (secondary N) is 2. The van der Waals surface area contributed by atoms with Crippen LogP contribution in [0.5, 0.6) is 0 Å². The van der Waals surface area contributed by atoms with Crippen molar-refractivity contribution < 1.29 is 4.52 Å². The first-order valence-electron chi connectivity index (χ1n) is 9.22. The van der Waals surface area contributed by atoms with Crippen LogP contribution in [0.25, 0.3) is 11.5 Å². The predicted octanol–water partition coefficient (Wildman–Crippen LogP) is 3.42. The quantitative estimate of drug-likeness (QED) is 0.352. The number of aryl methyl sites for hydroxylation is 1. The lowest BCUT2D eigenvalue weighted by Gasteiger charge is -2.11. The van der Waals surface area contributed by atoms with Crippen LogP contribution in [-0.2, 0) is 12.8 Å². The number of guanidine groups is 1. The van der Waals surface area contributed by atoms with Gasteiger partial charge in [-0.2, -0.15) is 4.98 Å². The molecule has 0 bridgehead atoms. The van der Waals surface area contributed by atoms with Crippen LogP contribution >= 0.6 is 24.0 Å². The van der Waals surface area contributed by atoms with Crippen LogP contribution in [0.4, 0.5) is 0 Å². The van der Waals surface area contributed by atoms with E-state index in [1.54, 1.807) is 0 Å². The van der Waals surface area contributed by atoms with Crippen LogP contribution in [0, 0.1) is 5.92 Å². The van der Waals surface area contributed by atoms with Crippen molar-refractivity contribution in [2.75, 3.05) is 19.6 Å². The zero-order valence-electron chi connectivity index (χ0n) is 15.5. The Morgan fingerprint density at radius 3 is 2.58 bits per heavy atom. The first-order valence-corrected chi connectivity index (χ1v) is 9.22. The Morgan fingerprint density at radius 1 is 1.19 bits per heavy atom. The van der Waals surface area contributed by atoms with Gasteiger partial charge >= 0.3 is 0 Å². The van der Waals surface area contributed by atoms with Crippen molar-refractivity contribution in [1.82, 2.24) is 20.8 Å².